The van der Waals surface area contributed by atoms with E-state index in [2.05, 4.69) is 12.2 Å². The predicted octanol–water partition coefficient (Wildman–Crippen LogP) is 3.37. The minimum atomic E-state index is -0.778. The lowest BCUT2D eigenvalue weighted by molar-refractivity contribution is -0.384. The van der Waals surface area contributed by atoms with Gasteiger partial charge >= 0.3 is 5.97 Å². The number of carboxylic acids is 1. The zero-order valence-corrected chi connectivity index (χ0v) is 11.5. The van der Waals surface area contributed by atoms with Crippen molar-refractivity contribution in [2.75, 3.05) is 0 Å². The number of nitro benzene ring substituents is 1. The Morgan fingerprint density at radius 1 is 1.33 bits per heavy atom. The molecule has 0 aromatic heterocycles. The van der Waals surface area contributed by atoms with Crippen LogP contribution in [0, 0.1) is 27.9 Å². The van der Waals surface area contributed by atoms with Crippen LogP contribution in [-0.2, 0) is 4.79 Å². The van der Waals surface area contributed by atoms with Crippen LogP contribution in [0.25, 0.3) is 0 Å². The maximum Gasteiger partial charge on any atom is 0.303 e. The number of nitrogens with zero attached hydrogens (tertiary/aromatic N) is 1. The van der Waals surface area contributed by atoms with Crippen LogP contribution in [0.15, 0.2) is 36.4 Å². The third-order valence-electron chi connectivity index (χ3n) is 4.78. The third kappa shape index (κ3) is 2.55. The maximum absolute atomic E-state index is 10.9. The van der Waals surface area contributed by atoms with Crippen molar-refractivity contribution in [2.24, 2.45) is 17.8 Å². The van der Waals surface area contributed by atoms with Gasteiger partial charge < -0.3 is 5.11 Å². The van der Waals surface area contributed by atoms with Crippen molar-refractivity contribution >= 4 is 11.7 Å². The summed E-state index contributed by atoms with van der Waals surface area (Å²) < 4.78 is 0. The summed E-state index contributed by atoms with van der Waals surface area (Å²) in [5, 5.41) is 19.8. The lowest BCUT2D eigenvalue weighted by atomic mass is 9.76. The van der Waals surface area contributed by atoms with Gasteiger partial charge in [-0.2, -0.15) is 0 Å². The van der Waals surface area contributed by atoms with Gasteiger partial charge in [0.1, 0.15) is 0 Å². The van der Waals surface area contributed by atoms with Gasteiger partial charge in [0.2, 0.25) is 0 Å². The normalized spacial score (nSPS) is 29.7. The van der Waals surface area contributed by atoms with E-state index in [-0.39, 0.29) is 28.9 Å². The van der Waals surface area contributed by atoms with Crippen LogP contribution in [0.5, 0.6) is 0 Å². The first-order valence-corrected chi connectivity index (χ1v) is 7.20. The smallest absolute Gasteiger partial charge is 0.303 e. The van der Waals surface area contributed by atoms with Gasteiger partial charge in [-0.05, 0) is 42.1 Å². The average Bonchev–Trinajstić information content (AvgIpc) is 3.05. The van der Waals surface area contributed by atoms with E-state index >= 15 is 0 Å². The Morgan fingerprint density at radius 3 is 2.81 bits per heavy atom. The quantitative estimate of drug-likeness (QED) is 0.511. The Hall–Kier alpha value is -2.17. The molecule has 5 nitrogen and oxygen atoms in total. The summed E-state index contributed by atoms with van der Waals surface area (Å²) in [4.78, 5) is 21.4. The first-order valence-electron chi connectivity index (χ1n) is 7.20. The van der Waals surface area contributed by atoms with Gasteiger partial charge in [0, 0.05) is 18.6 Å². The molecular formula is C16H17NO4. The average molecular weight is 287 g/mol. The molecule has 2 aliphatic rings. The van der Waals surface area contributed by atoms with Crippen LogP contribution in [0.3, 0.4) is 0 Å². The fourth-order valence-electron chi connectivity index (χ4n) is 3.95. The number of fused-ring (bicyclic) bond motifs is 2. The maximum atomic E-state index is 10.9. The van der Waals surface area contributed by atoms with Gasteiger partial charge in [0.05, 0.1) is 4.92 Å². The van der Waals surface area contributed by atoms with Crippen molar-refractivity contribution in [1.82, 2.24) is 0 Å². The van der Waals surface area contributed by atoms with Crippen LogP contribution >= 0.6 is 0 Å². The Balaban J connectivity index is 1.88. The highest BCUT2D eigenvalue weighted by molar-refractivity contribution is 5.66. The number of carboxylic acid groups (broad SMARTS) is 1. The van der Waals surface area contributed by atoms with E-state index in [4.69, 9.17) is 5.11 Å². The summed E-state index contributed by atoms with van der Waals surface area (Å²) in [6.07, 6.45) is 6.20. The van der Waals surface area contributed by atoms with Gasteiger partial charge in [-0.3, -0.25) is 14.9 Å². The van der Waals surface area contributed by atoms with Crippen LogP contribution < -0.4 is 0 Å². The highest BCUT2D eigenvalue weighted by Crippen LogP contribution is 2.54. The second-order valence-corrected chi connectivity index (χ2v) is 5.92. The highest BCUT2D eigenvalue weighted by atomic mass is 16.6. The lowest BCUT2D eigenvalue weighted by Crippen LogP contribution is -2.19. The molecular weight excluding hydrogens is 270 g/mol. The van der Waals surface area contributed by atoms with Crippen LogP contribution in [-0.4, -0.2) is 16.0 Å². The zero-order chi connectivity index (χ0) is 15.0. The molecule has 1 saturated carbocycles. The Bertz CT molecular complexity index is 610. The molecule has 0 amide bonds. The zero-order valence-electron chi connectivity index (χ0n) is 11.5. The number of carbonyl (C=O) groups is 1. The number of non-ortho nitro benzene ring substituents is 1. The largest absolute Gasteiger partial charge is 0.481 e. The van der Waals surface area contributed by atoms with Gasteiger partial charge in [0.15, 0.2) is 0 Å². The van der Waals surface area contributed by atoms with E-state index in [0.717, 1.165) is 12.0 Å². The summed E-state index contributed by atoms with van der Waals surface area (Å²) in [6, 6.07) is 6.79. The number of nitro groups is 1. The van der Waals surface area contributed by atoms with Crippen LogP contribution in [0.2, 0.25) is 0 Å². The molecule has 3 rings (SSSR count). The van der Waals surface area contributed by atoms with E-state index in [1.807, 2.05) is 6.07 Å². The molecule has 110 valence electrons. The number of aliphatic carboxylic acids is 1. The lowest BCUT2D eigenvalue weighted by Gasteiger charge is -2.28. The van der Waals surface area contributed by atoms with Crippen molar-refractivity contribution in [2.45, 2.75) is 25.2 Å². The summed E-state index contributed by atoms with van der Waals surface area (Å²) in [5.41, 5.74) is 1.08. The standard InChI is InChI=1S/C16H17NO4/c18-15(19)7-6-14-10-4-5-12(8-10)16(14)11-2-1-3-13(9-11)17(20)21/h1-5,9-10,12,14,16H,6-8H2,(H,18,19). The fourth-order valence-corrected chi connectivity index (χ4v) is 3.95. The number of allylic oxidation sites excluding steroid dienone is 2. The van der Waals surface area contributed by atoms with Crippen molar-refractivity contribution in [3.63, 3.8) is 0 Å². The Morgan fingerprint density at radius 2 is 2.10 bits per heavy atom. The molecule has 1 aromatic rings. The molecule has 5 heteroatoms. The van der Waals surface area contributed by atoms with Gasteiger partial charge in [-0.15, -0.1) is 0 Å². The molecule has 2 aliphatic carbocycles. The van der Waals surface area contributed by atoms with E-state index in [1.165, 1.54) is 6.07 Å². The van der Waals surface area contributed by atoms with E-state index in [0.29, 0.717) is 18.3 Å². The number of rotatable bonds is 5. The monoisotopic (exact) mass is 287 g/mol. The molecule has 1 aromatic carbocycles. The molecule has 0 saturated heterocycles. The molecule has 0 aliphatic heterocycles. The minimum absolute atomic E-state index is 0.108. The first-order chi connectivity index (χ1) is 10.1. The van der Waals surface area contributed by atoms with Crippen molar-refractivity contribution in [1.29, 1.82) is 0 Å². The molecule has 21 heavy (non-hydrogen) atoms. The number of benzene rings is 1. The van der Waals surface area contributed by atoms with E-state index in [1.54, 1.807) is 12.1 Å². The van der Waals surface area contributed by atoms with Gasteiger partial charge in [-0.25, -0.2) is 0 Å². The summed E-state index contributed by atoms with van der Waals surface area (Å²) in [7, 11) is 0. The fraction of sp³-hybridized carbons (Fsp3) is 0.438. The van der Waals surface area contributed by atoms with Crippen molar-refractivity contribution in [3.05, 3.63) is 52.1 Å². The SMILES string of the molecule is O=C(O)CCC1C2C=CC(C2)C1c1cccc([N+](=O)[O-])c1. The highest BCUT2D eigenvalue weighted by Gasteiger charge is 2.45. The van der Waals surface area contributed by atoms with Crippen molar-refractivity contribution < 1.29 is 14.8 Å². The summed E-state index contributed by atoms with van der Waals surface area (Å²) in [6.45, 7) is 0. The Labute approximate surface area is 122 Å². The second-order valence-electron chi connectivity index (χ2n) is 5.92. The minimum Gasteiger partial charge on any atom is -0.481 e. The molecule has 1 N–H and O–H groups in total. The second kappa shape index (κ2) is 5.31. The van der Waals surface area contributed by atoms with Crippen molar-refractivity contribution in [3.8, 4) is 0 Å². The summed E-state index contributed by atoms with van der Waals surface area (Å²) in [5.74, 6) is 0.506. The van der Waals surface area contributed by atoms with Gasteiger partial charge in [0.25, 0.3) is 5.69 Å². The van der Waals surface area contributed by atoms with E-state index in [9.17, 15) is 14.9 Å². The molecule has 0 heterocycles. The van der Waals surface area contributed by atoms with E-state index < -0.39 is 5.97 Å². The molecule has 2 bridgehead atoms. The van der Waals surface area contributed by atoms with Crippen LogP contribution in [0.1, 0.15) is 30.7 Å². The Kier molecular flexibility index (Phi) is 3.49. The molecule has 0 spiro atoms. The molecule has 4 unspecified atom stereocenters. The third-order valence-corrected chi connectivity index (χ3v) is 4.78. The molecule has 1 fully saturated rings. The van der Waals surface area contributed by atoms with Crippen LogP contribution in [0.4, 0.5) is 5.69 Å². The van der Waals surface area contributed by atoms with Gasteiger partial charge in [-0.1, -0.05) is 24.3 Å². The first kappa shape index (κ1) is 13.8. The predicted molar refractivity (Wildman–Crippen MR) is 76.9 cm³/mol. The topological polar surface area (TPSA) is 80.4 Å². The number of hydrogen-bond donors (Lipinski definition) is 1. The summed E-state index contributed by atoms with van der Waals surface area (Å²) >= 11 is 0. The molecule has 4 atom stereocenters. The number of hydrogen-bond acceptors (Lipinski definition) is 3. The molecule has 0 radical (unpaired) electrons.